The lowest BCUT2D eigenvalue weighted by Gasteiger charge is -2.38. The predicted octanol–water partition coefficient (Wildman–Crippen LogP) is 1.52. The van der Waals surface area contributed by atoms with Crippen molar-refractivity contribution in [1.82, 2.24) is 5.32 Å². The maximum Gasteiger partial charge on any atom is 0.114 e. The molecule has 1 aromatic carbocycles. The maximum atomic E-state index is 9.37. The van der Waals surface area contributed by atoms with E-state index in [2.05, 4.69) is 17.5 Å². The Morgan fingerprint density at radius 1 is 1.16 bits per heavy atom. The quantitative estimate of drug-likeness (QED) is 0.753. The van der Waals surface area contributed by atoms with E-state index < -0.39 is 5.41 Å². The van der Waals surface area contributed by atoms with Gasteiger partial charge in [-0.1, -0.05) is 35.4 Å². The fourth-order valence-electron chi connectivity index (χ4n) is 2.26. The summed E-state index contributed by atoms with van der Waals surface area (Å²) in [4.78, 5) is 0. The first-order valence-electron chi connectivity index (χ1n) is 5.60. The van der Waals surface area contributed by atoms with Gasteiger partial charge in [0.1, 0.15) is 5.82 Å². The molecule has 0 amide bonds. The zero-order valence-corrected chi connectivity index (χ0v) is 11.1. The van der Waals surface area contributed by atoms with Gasteiger partial charge < -0.3 is 23.7 Å². The summed E-state index contributed by atoms with van der Waals surface area (Å²) >= 11 is 5.16. The van der Waals surface area contributed by atoms with Crippen LogP contribution in [0.15, 0.2) is 52.3 Å². The van der Waals surface area contributed by atoms with Crippen molar-refractivity contribution in [2.45, 2.75) is 12.3 Å². The monoisotopic (exact) mass is 267 g/mol. The van der Waals surface area contributed by atoms with Crippen LogP contribution in [0.2, 0.25) is 0 Å². The zero-order valence-electron chi connectivity index (χ0n) is 10.3. The van der Waals surface area contributed by atoms with Crippen LogP contribution in [0.5, 0.6) is 0 Å². The summed E-state index contributed by atoms with van der Waals surface area (Å²) in [6, 6.07) is 13.5. The van der Waals surface area contributed by atoms with E-state index in [4.69, 9.17) is 18.4 Å². The Kier molecular flexibility index (Phi) is 3.16. The molecule has 1 aliphatic heterocycles. The number of dihydropyridines is 1. The van der Waals surface area contributed by atoms with E-state index in [-0.39, 0.29) is 10.9 Å². The first-order valence-corrected chi connectivity index (χ1v) is 6.01. The number of nitrogens with two attached hydrogens (primary N) is 1. The van der Waals surface area contributed by atoms with Crippen LogP contribution in [0.25, 0.3) is 0 Å². The average Bonchev–Trinajstić information content (AvgIpc) is 2.40. The van der Waals surface area contributed by atoms with Gasteiger partial charge in [-0.2, -0.15) is 10.5 Å². The molecule has 1 unspecified atom stereocenters. The highest BCUT2D eigenvalue weighted by molar-refractivity contribution is 7.63. The molecule has 19 heavy (non-hydrogen) atoms. The van der Waals surface area contributed by atoms with Gasteiger partial charge in [0.25, 0.3) is 0 Å². The molecule has 0 saturated carbocycles. The maximum absolute atomic E-state index is 9.37. The van der Waals surface area contributed by atoms with Gasteiger partial charge >= 0.3 is 0 Å². The molecular weight excluding hydrogens is 256 g/mol. The zero-order chi connectivity index (χ0) is 14.0. The molecule has 5 heteroatoms. The van der Waals surface area contributed by atoms with Gasteiger partial charge in [0.2, 0.25) is 0 Å². The summed E-state index contributed by atoms with van der Waals surface area (Å²) in [7, 11) is 0. The lowest BCUT2D eigenvalue weighted by molar-refractivity contribution is 0.648. The van der Waals surface area contributed by atoms with Crippen LogP contribution in [-0.4, -0.2) is 0 Å². The van der Waals surface area contributed by atoms with Crippen molar-refractivity contribution in [2.75, 3.05) is 0 Å². The Labute approximate surface area is 117 Å². The number of nitriles is 2. The molecule has 0 spiro atoms. The van der Waals surface area contributed by atoms with Crippen molar-refractivity contribution in [3.63, 3.8) is 0 Å². The van der Waals surface area contributed by atoms with E-state index in [0.29, 0.717) is 11.1 Å². The Morgan fingerprint density at radius 2 is 1.74 bits per heavy atom. The average molecular weight is 267 g/mol. The summed E-state index contributed by atoms with van der Waals surface area (Å²) in [6.07, 6.45) is 0. The standard InChI is InChI=1S/C14H12N4S/c1-14(9-5-3-2-4-6-9)10(7-15)12(17)18-13(19)11(14)8-16/h2-6,18-19H,17H2,1H3/p-1. The summed E-state index contributed by atoms with van der Waals surface area (Å²) in [5.74, 6) is 0.206. The van der Waals surface area contributed by atoms with Crippen LogP contribution in [-0.2, 0) is 18.0 Å². The van der Waals surface area contributed by atoms with E-state index in [0.717, 1.165) is 5.56 Å². The molecule has 0 aliphatic carbocycles. The van der Waals surface area contributed by atoms with Crippen molar-refractivity contribution in [3.05, 3.63) is 57.9 Å². The molecule has 2 rings (SSSR count). The topological polar surface area (TPSA) is 85.6 Å². The molecule has 0 radical (unpaired) electrons. The van der Waals surface area contributed by atoms with Gasteiger partial charge in [-0.25, -0.2) is 0 Å². The predicted molar refractivity (Wildman–Crippen MR) is 73.8 cm³/mol. The Hall–Kier alpha value is -2.50. The minimum absolute atomic E-state index is 0.206. The van der Waals surface area contributed by atoms with Gasteiger partial charge in [0.05, 0.1) is 23.1 Å². The van der Waals surface area contributed by atoms with Gasteiger partial charge in [-0.05, 0) is 12.5 Å². The van der Waals surface area contributed by atoms with E-state index in [1.165, 1.54) is 0 Å². The smallest absolute Gasteiger partial charge is 0.114 e. The van der Waals surface area contributed by atoms with Crippen LogP contribution in [0.3, 0.4) is 0 Å². The SMILES string of the molecule is CC1(c2ccccc2)C(C#N)=C(N)NC([S-])=C1C#N. The molecule has 0 saturated heterocycles. The van der Waals surface area contributed by atoms with Crippen molar-refractivity contribution >= 4 is 12.6 Å². The number of allylic oxidation sites excluding steroid dienone is 2. The number of nitrogens with zero attached hydrogens (tertiary/aromatic N) is 2. The molecule has 3 N–H and O–H groups in total. The summed E-state index contributed by atoms with van der Waals surface area (Å²) in [5.41, 5.74) is 6.40. The fourth-order valence-corrected chi connectivity index (χ4v) is 2.62. The second-order valence-electron chi connectivity index (χ2n) is 4.33. The second-order valence-corrected chi connectivity index (χ2v) is 4.74. The minimum Gasteiger partial charge on any atom is -0.761 e. The third kappa shape index (κ3) is 1.81. The normalized spacial score (nSPS) is 22.5. The molecule has 1 heterocycles. The Balaban J connectivity index is 2.78. The molecule has 0 fully saturated rings. The molecule has 4 nitrogen and oxygen atoms in total. The third-order valence-corrected chi connectivity index (χ3v) is 3.63. The molecule has 0 aromatic heterocycles. The minimum atomic E-state index is -0.906. The van der Waals surface area contributed by atoms with Crippen LogP contribution >= 0.6 is 0 Å². The van der Waals surface area contributed by atoms with E-state index in [9.17, 15) is 10.5 Å². The molecule has 1 atom stereocenters. The molecule has 1 aliphatic rings. The van der Waals surface area contributed by atoms with Crippen LogP contribution in [0.1, 0.15) is 12.5 Å². The van der Waals surface area contributed by atoms with Gasteiger partial charge in [-0.15, -0.1) is 0 Å². The highest BCUT2D eigenvalue weighted by atomic mass is 32.1. The Bertz CT molecular complexity index is 623. The lowest BCUT2D eigenvalue weighted by Crippen LogP contribution is -2.39. The van der Waals surface area contributed by atoms with Crippen molar-refractivity contribution in [3.8, 4) is 12.1 Å². The third-order valence-electron chi connectivity index (χ3n) is 3.32. The first kappa shape index (κ1) is 12.9. The molecule has 1 aromatic rings. The molecule has 0 bridgehead atoms. The summed E-state index contributed by atoms with van der Waals surface area (Å²) in [6.45, 7) is 1.79. The first-order chi connectivity index (χ1) is 9.05. The van der Waals surface area contributed by atoms with Crippen LogP contribution in [0.4, 0.5) is 0 Å². The highest BCUT2D eigenvalue weighted by Gasteiger charge is 2.40. The number of hydrogen-bond acceptors (Lipinski definition) is 5. The summed E-state index contributed by atoms with van der Waals surface area (Å²) < 4.78 is 0. The van der Waals surface area contributed by atoms with E-state index in [1.54, 1.807) is 6.92 Å². The molecular formula is C14H11N4S-. The van der Waals surface area contributed by atoms with Crippen LogP contribution in [0, 0.1) is 22.7 Å². The number of benzene rings is 1. The lowest BCUT2D eigenvalue weighted by atomic mass is 9.70. The Morgan fingerprint density at radius 3 is 2.26 bits per heavy atom. The van der Waals surface area contributed by atoms with Crippen molar-refractivity contribution in [1.29, 1.82) is 10.5 Å². The number of hydrogen-bond donors (Lipinski definition) is 2. The second kappa shape index (κ2) is 4.64. The van der Waals surface area contributed by atoms with Gasteiger partial charge in [-0.3, -0.25) is 0 Å². The number of rotatable bonds is 1. The summed E-state index contributed by atoms with van der Waals surface area (Å²) in [5, 5.41) is 21.7. The number of nitrogens with one attached hydrogen (secondary N) is 1. The van der Waals surface area contributed by atoms with E-state index >= 15 is 0 Å². The van der Waals surface area contributed by atoms with Gasteiger partial charge in [0, 0.05) is 5.57 Å². The largest absolute Gasteiger partial charge is 0.761 e. The fraction of sp³-hybridized carbons (Fsp3) is 0.143. The molecule has 94 valence electrons. The van der Waals surface area contributed by atoms with Crippen LogP contribution < -0.4 is 11.1 Å². The van der Waals surface area contributed by atoms with Crippen molar-refractivity contribution < 1.29 is 0 Å². The van der Waals surface area contributed by atoms with E-state index in [1.807, 2.05) is 30.3 Å². The van der Waals surface area contributed by atoms with Gasteiger partial charge in [0.15, 0.2) is 0 Å². The highest BCUT2D eigenvalue weighted by Crippen LogP contribution is 2.42. The van der Waals surface area contributed by atoms with Crippen molar-refractivity contribution in [2.24, 2.45) is 5.73 Å².